The summed E-state index contributed by atoms with van der Waals surface area (Å²) >= 11 is 1.60. The summed E-state index contributed by atoms with van der Waals surface area (Å²) in [6.07, 6.45) is 2.91. The van der Waals surface area contributed by atoms with Gasteiger partial charge in [0.05, 0.1) is 22.5 Å². The van der Waals surface area contributed by atoms with E-state index in [2.05, 4.69) is 10.3 Å². The lowest BCUT2D eigenvalue weighted by molar-refractivity contribution is 0.517. The lowest BCUT2D eigenvalue weighted by atomic mass is 10.2. The topological polar surface area (TPSA) is 72.2 Å². The fourth-order valence-electron chi connectivity index (χ4n) is 2.16. The molecule has 1 N–H and O–H groups in total. The van der Waals surface area contributed by atoms with E-state index < -0.39 is 9.84 Å². The van der Waals surface area contributed by atoms with Gasteiger partial charge in [0.15, 0.2) is 15.6 Å². The van der Waals surface area contributed by atoms with Gasteiger partial charge in [0, 0.05) is 11.9 Å². The van der Waals surface area contributed by atoms with Gasteiger partial charge < -0.3 is 9.73 Å². The van der Waals surface area contributed by atoms with Crippen LogP contribution in [0.25, 0.3) is 10.6 Å². The molecule has 3 aromatic rings. The molecule has 0 atom stereocenters. The average Bonchev–Trinajstić information content (AvgIpc) is 3.16. The fraction of sp³-hybridized carbons (Fsp3) is 0.188. The molecule has 0 radical (unpaired) electrons. The second kappa shape index (κ2) is 6.17. The van der Waals surface area contributed by atoms with Gasteiger partial charge >= 0.3 is 0 Å². The van der Waals surface area contributed by atoms with Crippen molar-refractivity contribution < 1.29 is 12.8 Å². The Morgan fingerprint density at radius 1 is 1.30 bits per heavy atom. The van der Waals surface area contributed by atoms with Crippen molar-refractivity contribution in [2.24, 2.45) is 0 Å². The Morgan fingerprint density at radius 3 is 2.78 bits per heavy atom. The van der Waals surface area contributed by atoms with Crippen molar-refractivity contribution in [2.75, 3.05) is 11.6 Å². The number of anilines is 1. The van der Waals surface area contributed by atoms with Crippen LogP contribution in [-0.2, 0) is 16.4 Å². The van der Waals surface area contributed by atoms with Crippen LogP contribution >= 0.6 is 11.3 Å². The predicted octanol–water partition coefficient (Wildman–Crippen LogP) is 3.73. The first-order valence-corrected chi connectivity index (χ1v) is 9.74. The van der Waals surface area contributed by atoms with Gasteiger partial charge in [-0.05, 0) is 42.1 Å². The number of aromatic nitrogens is 1. The molecule has 2 heterocycles. The number of thiophene rings is 1. The number of hydrogen-bond donors (Lipinski definition) is 1. The third-order valence-electron chi connectivity index (χ3n) is 3.37. The first kappa shape index (κ1) is 15.8. The molecule has 0 aliphatic heterocycles. The van der Waals surface area contributed by atoms with Gasteiger partial charge in [-0.2, -0.15) is 0 Å². The molecule has 0 unspecified atom stereocenters. The Bertz CT molecular complexity index is 913. The summed E-state index contributed by atoms with van der Waals surface area (Å²) in [6, 6.07) is 8.96. The van der Waals surface area contributed by atoms with Crippen LogP contribution in [0.5, 0.6) is 0 Å². The van der Waals surface area contributed by atoms with Crippen LogP contribution in [0.1, 0.15) is 11.5 Å². The number of oxazole rings is 1. The maximum absolute atomic E-state index is 11.5. The summed E-state index contributed by atoms with van der Waals surface area (Å²) in [5.41, 5.74) is 1.71. The van der Waals surface area contributed by atoms with Crippen LogP contribution in [-0.4, -0.2) is 19.7 Å². The minimum atomic E-state index is -3.19. The number of benzene rings is 1. The minimum Gasteiger partial charge on any atom is -0.438 e. The minimum absolute atomic E-state index is 0.316. The number of nitrogens with one attached hydrogen (secondary N) is 1. The second-order valence-electron chi connectivity index (χ2n) is 5.20. The van der Waals surface area contributed by atoms with Gasteiger partial charge in [0.25, 0.3) is 0 Å². The van der Waals surface area contributed by atoms with Gasteiger partial charge in [0.2, 0.25) is 5.89 Å². The Morgan fingerprint density at radius 2 is 2.13 bits per heavy atom. The van der Waals surface area contributed by atoms with Crippen LogP contribution in [0.4, 0.5) is 5.69 Å². The second-order valence-corrected chi connectivity index (χ2v) is 8.16. The predicted molar refractivity (Wildman–Crippen MR) is 91.4 cm³/mol. The normalized spacial score (nSPS) is 11.6. The maximum Gasteiger partial charge on any atom is 0.214 e. The van der Waals surface area contributed by atoms with Crippen molar-refractivity contribution in [3.8, 4) is 10.6 Å². The first-order valence-electron chi connectivity index (χ1n) is 6.96. The molecule has 0 bridgehead atoms. The van der Waals surface area contributed by atoms with E-state index in [4.69, 9.17) is 4.42 Å². The van der Waals surface area contributed by atoms with Crippen LogP contribution in [0.2, 0.25) is 0 Å². The highest BCUT2D eigenvalue weighted by Crippen LogP contribution is 2.26. The van der Waals surface area contributed by atoms with Crippen molar-refractivity contribution >= 4 is 26.9 Å². The molecule has 2 aromatic heterocycles. The van der Waals surface area contributed by atoms with Crippen molar-refractivity contribution in [2.45, 2.75) is 18.4 Å². The number of nitrogens with zero attached hydrogens (tertiary/aromatic N) is 1. The standard InChI is InChI=1S/C16H16N2O3S2/c1-11-8-12(23(2,19)20)5-6-13(11)17-10-16-18-9-14(21-16)15-4-3-7-22-15/h3-9,17H,10H2,1-2H3. The largest absolute Gasteiger partial charge is 0.438 e. The molecule has 0 fully saturated rings. The third kappa shape index (κ3) is 3.62. The third-order valence-corrected chi connectivity index (χ3v) is 5.37. The zero-order valence-corrected chi connectivity index (χ0v) is 14.4. The van der Waals surface area contributed by atoms with Gasteiger partial charge in [-0.15, -0.1) is 11.3 Å². The van der Waals surface area contributed by atoms with E-state index in [1.165, 1.54) is 6.26 Å². The highest BCUT2D eigenvalue weighted by atomic mass is 32.2. The molecular formula is C16H16N2O3S2. The smallest absolute Gasteiger partial charge is 0.214 e. The first-order chi connectivity index (χ1) is 10.9. The van der Waals surface area contributed by atoms with Gasteiger partial charge in [0.1, 0.15) is 0 Å². The van der Waals surface area contributed by atoms with E-state index in [-0.39, 0.29) is 0 Å². The molecule has 1 aromatic carbocycles. The summed E-state index contributed by atoms with van der Waals surface area (Å²) < 4.78 is 28.8. The molecule has 0 amide bonds. The monoisotopic (exact) mass is 348 g/mol. The zero-order chi connectivity index (χ0) is 16.4. The van der Waals surface area contributed by atoms with Gasteiger partial charge in [-0.25, -0.2) is 13.4 Å². The van der Waals surface area contributed by atoms with E-state index in [0.29, 0.717) is 17.3 Å². The van der Waals surface area contributed by atoms with Crippen LogP contribution in [0.3, 0.4) is 0 Å². The number of rotatable bonds is 5. The molecule has 0 aliphatic carbocycles. The molecule has 0 saturated carbocycles. The quantitative estimate of drug-likeness (QED) is 0.761. The Hall–Kier alpha value is -2.12. The molecule has 7 heteroatoms. The molecular weight excluding hydrogens is 332 g/mol. The lowest BCUT2D eigenvalue weighted by Crippen LogP contribution is -2.03. The highest BCUT2D eigenvalue weighted by molar-refractivity contribution is 7.90. The molecule has 0 saturated heterocycles. The Balaban J connectivity index is 1.71. The van der Waals surface area contributed by atoms with Crippen molar-refractivity contribution in [1.29, 1.82) is 0 Å². The molecule has 0 spiro atoms. The van der Waals surface area contributed by atoms with E-state index in [1.807, 2.05) is 24.4 Å². The van der Waals surface area contributed by atoms with E-state index in [0.717, 1.165) is 21.9 Å². The molecule has 5 nitrogen and oxygen atoms in total. The zero-order valence-electron chi connectivity index (χ0n) is 12.7. The number of sulfone groups is 1. The van der Waals surface area contributed by atoms with Gasteiger partial charge in [-0.3, -0.25) is 0 Å². The highest BCUT2D eigenvalue weighted by Gasteiger charge is 2.10. The fourth-order valence-corrected chi connectivity index (χ4v) is 3.54. The Labute approximate surface area is 138 Å². The lowest BCUT2D eigenvalue weighted by Gasteiger charge is -2.09. The van der Waals surface area contributed by atoms with E-state index in [9.17, 15) is 8.42 Å². The number of hydrogen-bond acceptors (Lipinski definition) is 6. The molecule has 23 heavy (non-hydrogen) atoms. The van der Waals surface area contributed by atoms with E-state index >= 15 is 0 Å². The van der Waals surface area contributed by atoms with E-state index in [1.54, 1.807) is 35.7 Å². The SMILES string of the molecule is Cc1cc(S(C)(=O)=O)ccc1NCc1ncc(-c2cccs2)o1. The maximum atomic E-state index is 11.5. The summed E-state index contributed by atoms with van der Waals surface area (Å²) in [6.45, 7) is 2.30. The average molecular weight is 348 g/mol. The van der Waals surface area contributed by atoms with Crippen molar-refractivity contribution in [3.63, 3.8) is 0 Å². The van der Waals surface area contributed by atoms with Crippen LogP contribution < -0.4 is 5.32 Å². The molecule has 3 rings (SSSR count). The summed E-state index contributed by atoms with van der Waals surface area (Å²) in [5, 5.41) is 5.21. The molecule has 120 valence electrons. The summed E-state index contributed by atoms with van der Waals surface area (Å²) in [4.78, 5) is 5.61. The van der Waals surface area contributed by atoms with Crippen molar-refractivity contribution in [3.05, 3.63) is 53.4 Å². The summed E-state index contributed by atoms with van der Waals surface area (Å²) in [5.74, 6) is 1.33. The Kier molecular flexibility index (Phi) is 4.23. The number of aryl methyl sites for hydroxylation is 1. The van der Waals surface area contributed by atoms with Crippen LogP contribution in [0.15, 0.2) is 51.2 Å². The van der Waals surface area contributed by atoms with Gasteiger partial charge in [-0.1, -0.05) is 6.07 Å². The summed E-state index contributed by atoms with van der Waals surface area (Å²) in [7, 11) is -3.19. The van der Waals surface area contributed by atoms with Crippen molar-refractivity contribution in [1.82, 2.24) is 4.98 Å². The van der Waals surface area contributed by atoms with Crippen LogP contribution in [0, 0.1) is 6.92 Å². The molecule has 0 aliphatic rings.